The van der Waals surface area contributed by atoms with Gasteiger partial charge in [0.05, 0.1) is 0 Å². The highest BCUT2D eigenvalue weighted by Crippen LogP contribution is 2.25. The average molecular weight is 481 g/mol. The van der Waals surface area contributed by atoms with Crippen LogP contribution in [-0.4, -0.2) is 43.4 Å². The molecule has 0 unspecified atom stereocenters. The van der Waals surface area contributed by atoms with Crippen molar-refractivity contribution in [2.75, 3.05) is 28.2 Å². The summed E-state index contributed by atoms with van der Waals surface area (Å²) < 4.78 is 36.1. The first-order valence-electron chi connectivity index (χ1n) is 10.5. The van der Waals surface area contributed by atoms with Crippen LogP contribution in [-0.2, 0) is 0 Å². The lowest BCUT2D eigenvalue weighted by molar-refractivity contribution is -2.00. The number of nitrogens with zero attached hydrogens (tertiary/aromatic N) is 2. The minimum atomic E-state index is -4.94. The van der Waals surface area contributed by atoms with E-state index in [0.29, 0.717) is 0 Å². The Morgan fingerprint density at radius 1 is 0.647 bits per heavy atom. The summed E-state index contributed by atoms with van der Waals surface area (Å²) in [5.74, 6) is 0. The SMILES string of the molecule is CN(C)/C(=C/C(=CC(c1ccccc1)=[N+](C)C)c1ccccc1)c1ccccc1.[O-][Cl+3]([O-])([O-])[O-]. The second-order valence-corrected chi connectivity index (χ2v) is 8.54. The molecule has 6 nitrogen and oxygen atoms in total. The van der Waals surface area contributed by atoms with Crippen molar-refractivity contribution in [1.82, 2.24) is 4.90 Å². The van der Waals surface area contributed by atoms with Gasteiger partial charge in [-0.05, 0) is 34.9 Å². The monoisotopic (exact) mass is 480 g/mol. The first-order chi connectivity index (χ1) is 16.1. The minimum Gasteiger partial charge on any atom is -0.377 e. The first-order valence-corrected chi connectivity index (χ1v) is 11.7. The van der Waals surface area contributed by atoms with Gasteiger partial charge in [0, 0.05) is 31.4 Å². The highest BCUT2D eigenvalue weighted by Gasteiger charge is 2.13. The van der Waals surface area contributed by atoms with Gasteiger partial charge in [0.25, 0.3) is 0 Å². The molecule has 0 atom stereocenters. The van der Waals surface area contributed by atoms with E-state index in [1.807, 2.05) is 0 Å². The molecular weight excluding hydrogens is 452 g/mol. The summed E-state index contributed by atoms with van der Waals surface area (Å²) in [7, 11) is 3.43. The molecule has 7 heteroatoms. The minimum absolute atomic E-state index is 1.17. The Morgan fingerprint density at radius 2 is 1.03 bits per heavy atom. The fraction of sp³-hybridized carbons (Fsp3) is 0.148. The number of benzene rings is 3. The number of hydrogen-bond donors (Lipinski definition) is 0. The van der Waals surface area contributed by atoms with Crippen molar-refractivity contribution in [2.24, 2.45) is 0 Å². The number of halogens is 1. The van der Waals surface area contributed by atoms with E-state index >= 15 is 0 Å². The molecule has 0 aliphatic rings. The van der Waals surface area contributed by atoms with Crippen LogP contribution in [0.1, 0.15) is 16.7 Å². The van der Waals surface area contributed by atoms with Gasteiger partial charge in [0.1, 0.15) is 14.1 Å². The molecule has 0 aromatic heterocycles. The van der Waals surface area contributed by atoms with E-state index in [0.717, 1.165) is 0 Å². The summed E-state index contributed by atoms with van der Waals surface area (Å²) in [6, 6.07) is 31.6. The molecule has 0 saturated heterocycles. The summed E-state index contributed by atoms with van der Waals surface area (Å²) in [5, 5.41) is 0. The summed E-state index contributed by atoms with van der Waals surface area (Å²) in [4.78, 5) is 2.17. The highest BCUT2D eigenvalue weighted by molar-refractivity contribution is 6.10. The molecule has 0 aliphatic carbocycles. The third kappa shape index (κ3) is 9.31. The molecule has 178 valence electrons. The Morgan fingerprint density at radius 3 is 1.41 bits per heavy atom. The zero-order valence-electron chi connectivity index (χ0n) is 19.7. The fourth-order valence-corrected chi connectivity index (χ4v) is 3.29. The van der Waals surface area contributed by atoms with Gasteiger partial charge in [0.2, 0.25) is 5.71 Å². The van der Waals surface area contributed by atoms with Crippen LogP contribution in [0.2, 0.25) is 0 Å². The third-order valence-electron chi connectivity index (χ3n) is 4.79. The molecule has 0 saturated carbocycles. The van der Waals surface area contributed by atoms with Crippen LogP contribution in [0, 0.1) is 10.2 Å². The van der Waals surface area contributed by atoms with Crippen LogP contribution in [0.15, 0.2) is 103 Å². The van der Waals surface area contributed by atoms with Crippen LogP contribution in [0.4, 0.5) is 0 Å². The molecule has 0 amide bonds. The summed E-state index contributed by atoms with van der Waals surface area (Å²) in [6.07, 6.45) is 4.55. The van der Waals surface area contributed by atoms with Crippen LogP contribution < -0.4 is 18.6 Å². The second-order valence-electron chi connectivity index (χ2n) is 7.78. The van der Waals surface area contributed by atoms with E-state index in [1.54, 1.807) is 0 Å². The predicted molar refractivity (Wildman–Crippen MR) is 125 cm³/mol. The molecule has 0 aliphatic heterocycles. The Labute approximate surface area is 203 Å². The number of allylic oxidation sites excluding steroid dienone is 3. The number of rotatable bonds is 6. The van der Waals surface area contributed by atoms with Gasteiger partial charge in [-0.1, -0.05) is 78.9 Å². The lowest BCUT2D eigenvalue weighted by atomic mass is 9.98. The smallest absolute Gasteiger partial charge is 0.207 e. The van der Waals surface area contributed by atoms with Gasteiger partial charge in [-0.25, -0.2) is 23.2 Å². The molecule has 3 aromatic rings. The van der Waals surface area contributed by atoms with Crippen molar-refractivity contribution in [2.45, 2.75) is 0 Å². The first kappa shape index (κ1) is 27.0. The van der Waals surface area contributed by atoms with Gasteiger partial charge in [-0.3, -0.25) is 0 Å². The van der Waals surface area contributed by atoms with E-state index in [9.17, 15) is 0 Å². The van der Waals surface area contributed by atoms with Crippen LogP contribution in [0.5, 0.6) is 0 Å². The van der Waals surface area contributed by atoms with Gasteiger partial charge in [-0.2, -0.15) is 0 Å². The maximum absolute atomic E-state index is 8.49. The van der Waals surface area contributed by atoms with Gasteiger partial charge in [-0.15, -0.1) is 10.2 Å². The lowest BCUT2D eigenvalue weighted by Gasteiger charge is -2.19. The van der Waals surface area contributed by atoms with E-state index in [1.165, 1.54) is 33.7 Å². The topological polar surface area (TPSA) is 98.5 Å². The van der Waals surface area contributed by atoms with Crippen molar-refractivity contribution >= 4 is 17.0 Å². The zero-order chi connectivity index (χ0) is 25.1. The van der Waals surface area contributed by atoms with E-state index in [2.05, 4.69) is 141 Å². The quantitative estimate of drug-likeness (QED) is 0.293. The van der Waals surface area contributed by atoms with Gasteiger partial charge in [0.15, 0.2) is 0 Å². The normalized spacial score (nSPS) is 11.9. The molecule has 3 aromatic carbocycles. The van der Waals surface area contributed by atoms with Crippen molar-refractivity contribution in [3.8, 4) is 0 Å². The summed E-state index contributed by atoms with van der Waals surface area (Å²) in [6.45, 7) is 0. The predicted octanol–water partition coefficient (Wildman–Crippen LogP) is 0.678. The summed E-state index contributed by atoms with van der Waals surface area (Å²) in [5.41, 5.74) is 7.11. The Kier molecular flexibility index (Phi) is 10.2. The molecule has 0 radical (unpaired) electrons. The molecule has 3 rings (SSSR count). The highest BCUT2D eigenvalue weighted by atomic mass is 35.7. The second kappa shape index (κ2) is 12.8. The van der Waals surface area contributed by atoms with E-state index in [-0.39, 0.29) is 0 Å². The Hall–Kier alpha value is -3.26. The molecule has 0 heterocycles. The average Bonchev–Trinajstić information content (AvgIpc) is 2.79. The fourth-order valence-electron chi connectivity index (χ4n) is 3.29. The molecule has 0 bridgehead atoms. The van der Waals surface area contributed by atoms with E-state index < -0.39 is 10.2 Å². The van der Waals surface area contributed by atoms with E-state index in [4.69, 9.17) is 18.6 Å². The van der Waals surface area contributed by atoms with Crippen molar-refractivity contribution in [3.05, 3.63) is 120 Å². The standard InChI is InChI=1S/C27H29N2.ClHO4/c1-28(2)26(23-16-10-6-11-17-23)20-25(22-14-8-5-9-15-22)21-27(29(3)4)24-18-12-7-13-19-24;2-1(3,4)5/h5-21H,1-4H3;(H,2,3,4,5)/q+1;/p-1. The largest absolute Gasteiger partial charge is 0.377 e. The molecular formula is C27H29ClN2O4. The van der Waals surface area contributed by atoms with Crippen LogP contribution in [0.25, 0.3) is 11.3 Å². The van der Waals surface area contributed by atoms with Crippen LogP contribution in [0.3, 0.4) is 0 Å². The maximum Gasteiger partial charge on any atom is 0.207 e. The van der Waals surface area contributed by atoms with Crippen molar-refractivity contribution < 1.29 is 33.5 Å². The summed E-state index contributed by atoms with van der Waals surface area (Å²) >= 11 is 0. The molecule has 0 spiro atoms. The van der Waals surface area contributed by atoms with Gasteiger partial charge < -0.3 is 4.90 Å². The molecule has 0 fully saturated rings. The Bertz CT molecular complexity index is 1110. The lowest BCUT2D eigenvalue weighted by Crippen LogP contribution is -2.68. The van der Waals surface area contributed by atoms with Crippen molar-refractivity contribution in [1.29, 1.82) is 0 Å². The van der Waals surface area contributed by atoms with Crippen LogP contribution >= 0.6 is 0 Å². The maximum atomic E-state index is 8.49. The Balaban J connectivity index is 0.000000739. The van der Waals surface area contributed by atoms with Crippen molar-refractivity contribution in [3.63, 3.8) is 0 Å². The third-order valence-corrected chi connectivity index (χ3v) is 4.79. The zero-order valence-corrected chi connectivity index (χ0v) is 20.5. The molecule has 34 heavy (non-hydrogen) atoms. The molecule has 0 N–H and O–H groups in total. The van der Waals surface area contributed by atoms with Gasteiger partial charge >= 0.3 is 0 Å². The number of hydrogen-bond acceptors (Lipinski definition) is 5.